The second-order valence-electron chi connectivity index (χ2n) is 3.47. The van der Waals surface area contributed by atoms with E-state index in [0.717, 1.165) is 28.5 Å². The Labute approximate surface area is 90.0 Å². The number of benzene rings is 1. The van der Waals surface area contributed by atoms with Crippen LogP contribution in [-0.2, 0) is 22.7 Å². The predicted octanol–water partition coefficient (Wildman–Crippen LogP) is 2.10. The number of carbonyl (C=O) groups is 1. The van der Waals surface area contributed by atoms with Gasteiger partial charge in [0.15, 0.2) is 6.29 Å². The average Bonchev–Trinajstić information content (AvgIpc) is 2.18. The van der Waals surface area contributed by atoms with Crippen LogP contribution in [0, 0.1) is 6.92 Å². The average molecular weight is 208 g/mol. The summed E-state index contributed by atoms with van der Waals surface area (Å²) in [5, 5.41) is 0. The number of carbonyl (C=O) groups excluding carboxylic acids is 1. The summed E-state index contributed by atoms with van der Waals surface area (Å²) in [6.07, 6.45) is 0.875. The number of aryl methyl sites for hydroxylation is 1. The number of methoxy groups -OCH3 is 2. The number of aldehydes is 1. The van der Waals surface area contributed by atoms with E-state index in [1.54, 1.807) is 14.2 Å². The first-order chi connectivity index (χ1) is 7.22. The van der Waals surface area contributed by atoms with Gasteiger partial charge in [0.05, 0.1) is 13.2 Å². The predicted molar refractivity (Wildman–Crippen MR) is 58.0 cm³/mol. The van der Waals surface area contributed by atoms with Crippen molar-refractivity contribution in [2.75, 3.05) is 14.2 Å². The number of hydrogen-bond acceptors (Lipinski definition) is 3. The summed E-state index contributed by atoms with van der Waals surface area (Å²) in [5.74, 6) is 0. The molecule has 0 atom stereocenters. The van der Waals surface area contributed by atoms with Crippen molar-refractivity contribution in [2.24, 2.45) is 0 Å². The molecule has 0 N–H and O–H groups in total. The highest BCUT2D eigenvalue weighted by Crippen LogP contribution is 2.17. The van der Waals surface area contributed by atoms with Gasteiger partial charge in [-0.05, 0) is 23.6 Å². The van der Waals surface area contributed by atoms with Crippen LogP contribution in [0.2, 0.25) is 0 Å². The summed E-state index contributed by atoms with van der Waals surface area (Å²) >= 11 is 0. The Morgan fingerprint density at radius 2 is 1.87 bits per heavy atom. The molecule has 0 aliphatic rings. The lowest BCUT2D eigenvalue weighted by Crippen LogP contribution is -2.01. The Balaban J connectivity index is 3.12. The molecule has 1 aromatic carbocycles. The molecular formula is C12H16O3. The molecule has 0 heterocycles. The van der Waals surface area contributed by atoms with Crippen LogP contribution < -0.4 is 0 Å². The molecule has 0 saturated heterocycles. The van der Waals surface area contributed by atoms with Gasteiger partial charge >= 0.3 is 0 Å². The molecule has 0 amide bonds. The second-order valence-corrected chi connectivity index (χ2v) is 3.47. The van der Waals surface area contributed by atoms with Gasteiger partial charge in [0.1, 0.15) is 0 Å². The van der Waals surface area contributed by atoms with Gasteiger partial charge in [0.25, 0.3) is 0 Å². The zero-order valence-electron chi connectivity index (χ0n) is 9.37. The minimum atomic E-state index is 0.451. The maximum Gasteiger partial charge on any atom is 0.150 e. The Hall–Kier alpha value is -1.19. The smallest absolute Gasteiger partial charge is 0.150 e. The fourth-order valence-electron chi connectivity index (χ4n) is 1.65. The van der Waals surface area contributed by atoms with Crippen molar-refractivity contribution in [1.82, 2.24) is 0 Å². The summed E-state index contributed by atoms with van der Waals surface area (Å²) in [5.41, 5.74) is 3.66. The lowest BCUT2D eigenvalue weighted by molar-refractivity contribution is 0.111. The molecule has 0 saturated carbocycles. The molecule has 3 heteroatoms. The van der Waals surface area contributed by atoms with Gasteiger partial charge in [-0.2, -0.15) is 0 Å². The van der Waals surface area contributed by atoms with E-state index in [1.807, 2.05) is 19.1 Å². The van der Waals surface area contributed by atoms with Crippen LogP contribution in [0.3, 0.4) is 0 Å². The molecule has 0 aliphatic heterocycles. The molecule has 0 unspecified atom stereocenters. The fraction of sp³-hybridized carbons (Fsp3) is 0.417. The van der Waals surface area contributed by atoms with Crippen molar-refractivity contribution in [3.05, 3.63) is 34.4 Å². The molecule has 82 valence electrons. The molecule has 0 bridgehead atoms. The quantitative estimate of drug-likeness (QED) is 0.695. The van der Waals surface area contributed by atoms with E-state index in [1.165, 1.54) is 0 Å². The van der Waals surface area contributed by atoms with Crippen molar-refractivity contribution in [3.63, 3.8) is 0 Å². The Morgan fingerprint density at radius 3 is 2.40 bits per heavy atom. The zero-order chi connectivity index (χ0) is 11.3. The number of ether oxygens (including phenoxy) is 2. The van der Waals surface area contributed by atoms with Crippen LogP contribution in [0.4, 0.5) is 0 Å². The number of hydrogen-bond donors (Lipinski definition) is 0. The maximum absolute atomic E-state index is 10.9. The zero-order valence-corrected chi connectivity index (χ0v) is 9.37. The second kappa shape index (κ2) is 5.63. The lowest BCUT2D eigenvalue weighted by atomic mass is 10.00. The van der Waals surface area contributed by atoms with E-state index in [0.29, 0.717) is 13.2 Å². The minimum absolute atomic E-state index is 0.451. The van der Waals surface area contributed by atoms with E-state index in [-0.39, 0.29) is 0 Å². The molecule has 1 aromatic rings. The van der Waals surface area contributed by atoms with Crippen molar-refractivity contribution in [2.45, 2.75) is 20.1 Å². The summed E-state index contributed by atoms with van der Waals surface area (Å²) in [7, 11) is 3.27. The third kappa shape index (κ3) is 2.88. The van der Waals surface area contributed by atoms with E-state index in [2.05, 4.69) is 0 Å². The summed E-state index contributed by atoms with van der Waals surface area (Å²) in [4.78, 5) is 10.9. The van der Waals surface area contributed by atoms with Crippen LogP contribution in [0.1, 0.15) is 27.0 Å². The van der Waals surface area contributed by atoms with Gasteiger partial charge in [-0.25, -0.2) is 0 Å². The Bertz CT molecular complexity index is 345. The maximum atomic E-state index is 10.9. The highest BCUT2D eigenvalue weighted by atomic mass is 16.5. The molecular weight excluding hydrogens is 192 g/mol. The highest BCUT2D eigenvalue weighted by molar-refractivity contribution is 5.79. The molecule has 1 rings (SSSR count). The first-order valence-electron chi connectivity index (χ1n) is 4.78. The normalized spacial score (nSPS) is 10.3. The third-order valence-corrected chi connectivity index (χ3v) is 2.26. The van der Waals surface area contributed by atoms with Gasteiger partial charge < -0.3 is 9.47 Å². The van der Waals surface area contributed by atoms with Gasteiger partial charge in [-0.3, -0.25) is 4.79 Å². The standard InChI is InChI=1S/C12H16O3/c1-9-4-10(7-14-2)5-11(8-15-3)12(9)6-13/h4-6H,7-8H2,1-3H3. The first-order valence-corrected chi connectivity index (χ1v) is 4.78. The highest BCUT2D eigenvalue weighted by Gasteiger charge is 2.07. The number of rotatable bonds is 5. The SMILES string of the molecule is COCc1cc(C)c(C=O)c(COC)c1. The van der Waals surface area contributed by atoms with Crippen molar-refractivity contribution >= 4 is 6.29 Å². The summed E-state index contributed by atoms with van der Waals surface area (Å²) < 4.78 is 10.1. The molecule has 0 fully saturated rings. The monoisotopic (exact) mass is 208 g/mol. The van der Waals surface area contributed by atoms with Gasteiger partial charge in [-0.15, -0.1) is 0 Å². The molecule has 0 spiro atoms. The van der Waals surface area contributed by atoms with Crippen LogP contribution >= 0.6 is 0 Å². The minimum Gasteiger partial charge on any atom is -0.380 e. The van der Waals surface area contributed by atoms with Gasteiger partial charge in [0.2, 0.25) is 0 Å². The molecule has 15 heavy (non-hydrogen) atoms. The lowest BCUT2D eigenvalue weighted by Gasteiger charge is -2.10. The molecule has 0 radical (unpaired) electrons. The van der Waals surface area contributed by atoms with Crippen LogP contribution in [0.25, 0.3) is 0 Å². The summed E-state index contributed by atoms with van der Waals surface area (Å²) in [6, 6.07) is 3.91. The van der Waals surface area contributed by atoms with Gasteiger partial charge in [0, 0.05) is 19.8 Å². The molecule has 3 nitrogen and oxygen atoms in total. The first kappa shape index (κ1) is 11.9. The van der Waals surface area contributed by atoms with Crippen LogP contribution in [-0.4, -0.2) is 20.5 Å². The van der Waals surface area contributed by atoms with Crippen LogP contribution in [0.5, 0.6) is 0 Å². The van der Waals surface area contributed by atoms with Gasteiger partial charge in [-0.1, -0.05) is 12.1 Å². The summed E-state index contributed by atoms with van der Waals surface area (Å²) in [6.45, 7) is 2.92. The van der Waals surface area contributed by atoms with E-state index >= 15 is 0 Å². The van der Waals surface area contributed by atoms with Crippen LogP contribution in [0.15, 0.2) is 12.1 Å². The van der Waals surface area contributed by atoms with E-state index in [9.17, 15) is 4.79 Å². The Kier molecular flexibility index (Phi) is 4.46. The third-order valence-electron chi connectivity index (χ3n) is 2.26. The van der Waals surface area contributed by atoms with E-state index < -0.39 is 0 Å². The molecule has 0 aliphatic carbocycles. The van der Waals surface area contributed by atoms with Crippen molar-refractivity contribution < 1.29 is 14.3 Å². The van der Waals surface area contributed by atoms with Crippen molar-refractivity contribution in [3.8, 4) is 0 Å². The van der Waals surface area contributed by atoms with E-state index in [4.69, 9.17) is 9.47 Å². The largest absolute Gasteiger partial charge is 0.380 e. The van der Waals surface area contributed by atoms with Crippen molar-refractivity contribution in [1.29, 1.82) is 0 Å². The Morgan fingerprint density at radius 1 is 1.20 bits per heavy atom. The topological polar surface area (TPSA) is 35.5 Å². The molecule has 0 aromatic heterocycles. The fourth-order valence-corrected chi connectivity index (χ4v) is 1.65.